The van der Waals surface area contributed by atoms with Gasteiger partial charge in [0.25, 0.3) is 0 Å². The lowest BCUT2D eigenvalue weighted by Crippen LogP contribution is -2.09. The normalized spacial score (nSPS) is 11.7. The first-order valence-corrected chi connectivity index (χ1v) is 9.69. The Balaban J connectivity index is 1.83. The van der Waals surface area contributed by atoms with Gasteiger partial charge in [0.15, 0.2) is 0 Å². The molecule has 28 heavy (non-hydrogen) atoms. The standard InChI is InChI=1S/C22H28N4O2/c1-6-26-20-10-8-7-9-19(20)24-22(26)25-23-14-17-11-12-18(27-15(2)3)13-21(17)28-16(4)5/h7-16H,6H2,1-5H3,(H,24,25)/b23-14-. The number of para-hydroxylation sites is 2. The van der Waals surface area contributed by atoms with Crippen molar-refractivity contribution < 1.29 is 9.47 Å². The minimum Gasteiger partial charge on any atom is -0.491 e. The molecule has 0 spiro atoms. The average molecular weight is 380 g/mol. The van der Waals surface area contributed by atoms with Crippen molar-refractivity contribution in [2.75, 3.05) is 5.43 Å². The lowest BCUT2D eigenvalue weighted by atomic mass is 10.2. The van der Waals surface area contributed by atoms with E-state index < -0.39 is 0 Å². The molecule has 0 bridgehead atoms. The van der Waals surface area contributed by atoms with E-state index in [4.69, 9.17) is 9.47 Å². The minimum absolute atomic E-state index is 0.0544. The summed E-state index contributed by atoms with van der Waals surface area (Å²) < 4.78 is 13.8. The van der Waals surface area contributed by atoms with Crippen molar-refractivity contribution in [3.05, 3.63) is 48.0 Å². The first-order chi connectivity index (χ1) is 13.5. The number of anilines is 1. The second-order valence-corrected chi connectivity index (χ2v) is 7.07. The maximum atomic E-state index is 5.94. The molecule has 0 saturated heterocycles. The monoisotopic (exact) mass is 380 g/mol. The van der Waals surface area contributed by atoms with Gasteiger partial charge in [0.05, 0.1) is 29.5 Å². The van der Waals surface area contributed by atoms with E-state index in [-0.39, 0.29) is 12.2 Å². The number of hydrazone groups is 1. The molecule has 3 aromatic rings. The second kappa shape index (κ2) is 8.78. The number of rotatable bonds is 8. The fourth-order valence-corrected chi connectivity index (χ4v) is 2.96. The highest BCUT2D eigenvalue weighted by atomic mass is 16.5. The molecule has 0 aliphatic carbocycles. The van der Waals surface area contributed by atoms with Crippen molar-refractivity contribution in [3.63, 3.8) is 0 Å². The molecule has 1 aromatic heterocycles. The minimum atomic E-state index is 0.0544. The van der Waals surface area contributed by atoms with Crippen LogP contribution < -0.4 is 14.9 Å². The Labute approximate surface area is 166 Å². The largest absolute Gasteiger partial charge is 0.491 e. The quantitative estimate of drug-likeness (QED) is 0.437. The van der Waals surface area contributed by atoms with Crippen molar-refractivity contribution in [2.24, 2.45) is 5.10 Å². The number of hydrogen-bond acceptors (Lipinski definition) is 5. The summed E-state index contributed by atoms with van der Waals surface area (Å²) >= 11 is 0. The van der Waals surface area contributed by atoms with Gasteiger partial charge in [-0.05, 0) is 58.9 Å². The van der Waals surface area contributed by atoms with Gasteiger partial charge in [-0.15, -0.1) is 0 Å². The Hall–Kier alpha value is -3.02. The summed E-state index contributed by atoms with van der Waals surface area (Å²) in [4.78, 5) is 4.62. The van der Waals surface area contributed by atoms with E-state index in [9.17, 15) is 0 Å². The number of imidazole rings is 1. The highest BCUT2D eigenvalue weighted by molar-refractivity contribution is 5.85. The van der Waals surface area contributed by atoms with E-state index in [1.165, 1.54) is 0 Å². The number of ether oxygens (including phenoxy) is 2. The van der Waals surface area contributed by atoms with Crippen LogP contribution in [0, 0.1) is 0 Å². The maximum absolute atomic E-state index is 5.94. The van der Waals surface area contributed by atoms with Crippen LogP contribution in [0.25, 0.3) is 11.0 Å². The van der Waals surface area contributed by atoms with Gasteiger partial charge in [-0.2, -0.15) is 5.10 Å². The van der Waals surface area contributed by atoms with Gasteiger partial charge in [0, 0.05) is 18.2 Å². The molecule has 6 nitrogen and oxygen atoms in total. The molecule has 0 aliphatic heterocycles. The molecular weight excluding hydrogens is 352 g/mol. The van der Waals surface area contributed by atoms with Crippen LogP contribution in [0.3, 0.4) is 0 Å². The topological polar surface area (TPSA) is 60.7 Å². The number of fused-ring (bicyclic) bond motifs is 1. The van der Waals surface area contributed by atoms with Gasteiger partial charge in [-0.25, -0.2) is 10.4 Å². The Kier molecular flexibility index (Phi) is 6.19. The van der Waals surface area contributed by atoms with E-state index in [2.05, 4.69) is 33.1 Å². The third kappa shape index (κ3) is 4.63. The number of nitrogens with one attached hydrogen (secondary N) is 1. The summed E-state index contributed by atoms with van der Waals surface area (Å²) in [6.07, 6.45) is 1.91. The molecular formula is C22H28N4O2. The summed E-state index contributed by atoms with van der Waals surface area (Å²) in [7, 11) is 0. The van der Waals surface area contributed by atoms with Crippen LogP contribution >= 0.6 is 0 Å². The predicted octanol–water partition coefficient (Wildman–Crippen LogP) is 5.08. The Bertz CT molecular complexity index is 960. The lowest BCUT2D eigenvalue weighted by Gasteiger charge is -2.15. The third-order valence-electron chi connectivity index (χ3n) is 4.06. The molecule has 0 radical (unpaired) electrons. The molecule has 6 heteroatoms. The van der Waals surface area contributed by atoms with Crippen molar-refractivity contribution in [1.82, 2.24) is 9.55 Å². The third-order valence-corrected chi connectivity index (χ3v) is 4.06. The molecule has 2 aromatic carbocycles. The van der Waals surface area contributed by atoms with E-state index in [0.717, 1.165) is 34.6 Å². The summed E-state index contributed by atoms with van der Waals surface area (Å²) in [5, 5.41) is 4.40. The van der Waals surface area contributed by atoms with Gasteiger partial charge < -0.3 is 14.0 Å². The first-order valence-electron chi connectivity index (χ1n) is 9.69. The van der Waals surface area contributed by atoms with Crippen LogP contribution in [0.5, 0.6) is 11.5 Å². The molecule has 0 saturated carbocycles. The van der Waals surface area contributed by atoms with Crippen LogP contribution in [0.4, 0.5) is 5.95 Å². The number of aromatic nitrogens is 2. The Morgan fingerprint density at radius 1 is 1.07 bits per heavy atom. The highest BCUT2D eigenvalue weighted by Gasteiger charge is 2.10. The molecule has 0 fully saturated rings. The molecule has 1 heterocycles. The van der Waals surface area contributed by atoms with E-state index in [1.54, 1.807) is 6.21 Å². The number of nitrogens with zero attached hydrogens (tertiary/aromatic N) is 3. The zero-order chi connectivity index (χ0) is 20.1. The van der Waals surface area contributed by atoms with Gasteiger partial charge >= 0.3 is 0 Å². The van der Waals surface area contributed by atoms with Gasteiger partial charge in [-0.1, -0.05) is 12.1 Å². The fraction of sp³-hybridized carbons (Fsp3) is 0.364. The summed E-state index contributed by atoms with van der Waals surface area (Å²) in [5.41, 5.74) is 5.97. The summed E-state index contributed by atoms with van der Waals surface area (Å²) in [6, 6.07) is 13.8. The number of benzene rings is 2. The van der Waals surface area contributed by atoms with Gasteiger partial charge in [0.2, 0.25) is 5.95 Å². The van der Waals surface area contributed by atoms with Crippen molar-refractivity contribution >= 4 is 23.2 Å². The molecule has 0 aliphatic rings. The lowest BCUT2D eigenvalue weighted by molar-refractivity contribution is 0.229. The average Bonchev–Trinajstić information content (AvgIpc) is 3.00. The zero-order valence-corrected chi connectivity index (χ0v) is 17.1. The zero-order valence-electron chi connectivity index (χ0n) is 17.1. The van der Waals surface area contributed by atoms with Crippen LogP contribution in [-0.2, 0) is 6.54 Å². The smallest absolute Gasteiger partial charge is 0.224 e. The predicted molar refractivity (Wildman–Crippen MR) is 115 cm³/mol. The van der Waals surface area contributed by atoms with Crippen molar-refractivity contribution in [2.45, 2.75) is 53.4 Å². The molecule has 1 N–H and O–H groups in total. The number of aryl methyl sites for hydroxylation is 1. The molecule has 3 rings (SSSR count). The van der Waals surface area contributed by atoms with E-state index >= 15 is 0 Å². The van der Waals surface area contributed by atoms with Crippen molar-refractivity contribution in [1.29, 1.82) is 0 Å². The first kappa shape index (κ1) is 19.7. The maximum Gasteiger partial charge on any atom is 0.224 e. The summed E-state index contributed by atoms with van der Waals surface area (Å²) in [6.45, 7) is 10.9. The van der Waals surface area contributed by atoms with Crippen LogP contribution in [0.1, 0.15) is 40.2 Å². The van der Waals surface area contributed by atoms with Crippen molar-refractivity contribution in [3.8, 4) is 11.5 Å². The fourth-order valence-electron chi connectivity index (χ4n) is 2.96. The summed E-state index contributed by atoms with van der Waals surface area (Å²) in [5.74, 6) is 2.23. The Morgan fingerprint density at radius 3 is 2.54 bits per heavy atom. The van der Waals surface area contributed by atoms with Gasteiger partial charge in [0.1, 0.15) is 11.5 Å². The van der Waals surface area contributed by atoms with Gasteiger partial charge in [-0.3, -0.25) is 0 Å². The van der Waals surface area contributed by atoms with E-state index in [0.29, 0.717) is 5.95 Å². The highest BCUT2D eigenvalue weighted by Crippen LogP contribution is 2.26. The SMILES string of the molecule is CCn1c(N/N=C\c2ccc(OC(C)C)cc2OC(C)C)nc2ccccc21. The number of hydrogen-bond donors (Lipinski definition) is 1. The molecule has 0 unspecified atom stereocenters. The van der Waals surface area contributed by atoms with Crippen LogP contribution in [0.2, 0.25) is 0 Å². The van der Waals surface area contributed by atoms with Crippen LogP contribution in [0.15, 0.2) is 47.6 Å². The van der Waals surface area contributed by atoms with E-state index in [1.807, 2.05) is 64.1 Å². The molecule has 0 amide bonds. The Morgan fingerprint density at radius 2 is 1.82 bits per heavy atom. The second-order valence-electron chi connectivity index (χ2n) is 7.07. The molecule has 148 valence electrons. The van der Waals surface area contributed by atoms with Crippen LogP contribution in [-0.4, -0.2) is 28.0 Å². The molecule has 0 atom stereocenters.